The van der Waals surface area contributed by atoms with Crippen molar-refractivity contribution in [2.45, 2.75) is 45.3 Å². The number of hydrogen-bond donors (Lipinski definition) is 1. The summed E-state index contributed by atoms with van der Waals surface area (Å²) in [5.41, 5.74) is 1.35. The molecule has 17 heavy (non-hydrogen) atoms. The molecule has 2 rings (SSSR count). The summed E-state index contributed by atoms with van der Waals surface area (Å²) in [5, 5.41) is 10.4. The van der Waals surface area contributed by atoms with Gasteiger partial charge in [-0.25, -0.2) is 4.39 Å². The van der Waals surface area contributed by atoms with E-state index in [1.165, 1.54) is 0 Å². The van der Waals surface area contributed by atoms with Crippen molar-refractivity contribution in [3.8, 4) is 0 Å². The molecule has 1 aromatic rings. The minimum absolute atomic E-state index is 0.196. The maximum atomic E-state index is 13.5. The number of aryl methyl sites for hydroxylation is 2. The Bertz CT molecular complexity index is 399. The summed E-state index contributed by atoms with van der Waals surface area (Å²) in [7, 11) is 0. The summed E-state index contributed by atoms with van der Waals surface area (Å²) in [5.74, 6) is -0.196. The normalized spacial score (nSPS) is 26.2. The van der Waals surface area contributed by atoms with Crippen LogP contribution < -0.4 is 0 Å². The van der Waals surface area contributed by atoms with Gasteiger partial charge in [0.15, 0.2) is 0 Å². The van der Waals surface area contributed by atoms with Crippen molar-refractivity contribution >= 4 is 0 Å². The highest BCUT2D eigenvalue weighted by Gasteiger charge is 2.38. The molecule has 0 aromatic heterocycles. The summed E-state index contributed by atoms with van der Waals surface area (Å²) >= 11 is 0. The van der Waals surface area contributed by atoms with Crippen molar-refractivity contribution in [3.05, 3.63) is 34.6 Å². The molecule has 2 atom stereocenters. The van der Waals surface area contributed by atoms with Crippen LogP contribution in [0, 0.1) is 19.7 Å². The molecule has 1 aliphatic heterocycles. The molecule has 1 saturated heterocycles. The second-order valence-corrected chi connectivity index (χ2v) is 5.14. The van der Waals surface area contributed by atoms with E-state index in [0.29, 0.717) is 17.7 Å². The van der Waals surface area contributed by atoms with Gasteiger partial charge in [-0.1, -0.05) is 12.1 Å². The zero-order valence-corrected chi connectivity index (χ0v) is 10.6. The highest BCUT2D eigenvalue weighted by Crippen LogP contribution is 2.38. The lowest BCUT2D eigenvalue weighted by Crippen LogP contribution is -2.32. The minimum Gasteiger partial charge on any atom is -0.385 e. The standard InChI is InChI=1S/C14H19FO2/c1-9-7-11(8-10(2)12(9)15)13(16)14(3)5-4-6-17-14/h7-8,13,16H,4-6H2,1-3H3. The monoisotopic (exact) mass is 238 g/mol. The van der Waals surface area contributed by atoms with Gasteiger partial charge in [-0.2, -0.15) is 0 Å². The average Bonchev–Trinajstić information content (AvgIpc) is 2.72. The van der Waals surface area contributed by atoms with Crippen LogP contribution >= 0.6 is 0 Å². The molecule has 0 amide bonds. The van der Waals surface area contributed by atoms with Crippen LogP contribution in [0.1, 0.15) is 42.6 Å². The van der Waals surface area contributed by atoms with Crippen LogP contribution in [0.5, 0.6) is 0 Å². The summed E-state index contributed by atoms with van der Waals surface area (Å²) in [4.78, 5) is 0. The Morgan fingerprint density at radius 2 is 1.94 bits per heavy atom. The molecule has 0 spiro atoms. The Morgan fingerprint density at radius 1 is 1.35 bits per heavy atom. The molecular formula is C14H19FO2. The predicted octanol–water partition coefficient (Wildman–Crippen LogP) is 3.05. The number of hydrogen-bond acceptors (Lipinski definition) is 2. The molecule has 3 heteroatoms. The molecule has 2 nitrogen and oxygen atoms in total. The summed E-state index contributed by atoms with van der Waals surface area (Å²) in [6.45, 7) is 6.04. The first-order valence-corrected chi connectivity index (χ1v) is 6.03. The van der Waals surface area contributed by atoms with Gasteiger partial charge in [0.05, 0.1) is 5.60 Å². The Hall–Kier alpha value is -0.930. The quantitative estimate of drug-likeness (QED) is 0.858. The average molecular weight is 238 g/mol. The fourth-order valence-corrected chi connectivity index (χ4v) is 2.51. The van der Waals surface area contributed by atoms with Crippen LogP contribution in [0.3, 0.4) is 0 Å². The van der Waals surface area contributed by atoms with Crippen LogP contribution in [-0.4, -0.2) is 17.3 Å². The van der Waals surface area contributed by atoms with Gasteiger partial charge in [0.2, 0.25) is 0 Å². The van der Waals surface area contributed by atoms with Gasteiger partial charge in [0.25, 0.3) is 0 Å². The number of halogens is 1. The molecule has 0 bridgehead atoms. The van der Waals surface area contributed by atoms with E-state index in [0.717, 1.165) is 18.4 Å². The van der Waals surface area contributed by atoms with E-state index in [1.807, 2.05) is 6.92 Å². The second kappa shape index (κ2) is 4.39. The van der Waals surface area contributed by atoms with Crippen LogP contribution in [-0.2, 0) is 4.74 Å². The number of rotatable bonds is 2. The Kier molecular flexibility index (Phi) is 3.23. The predicted molar refractivity (Wildman–Crippen MR) is 64.4 cm³/mol. The zero-order chi connectivity index (χ0) is 12.6. The van der Waals surface area contributed by atoms with Crippen LogP contribution in [0.25, 0.3) is 0 Å². The van der Waals surface area contributed by atoms with Crippen LogP contribution in [0.4, 0.5) is 4.39 Å². The maximum Gasteiger partial charge on any atom is 0.129 e. The van der Waals surface area contributed by atoms with Gasteiger partial charge in [-0.3, -0.25) is 0 Å². The van der Waals surface area contributed by atoms with Gasteiger partial charge in [-0.05, 0) is 50.3 Å². The van der Waals surface area contributed by atoms with E-state index in [4.69, 9.17) is 4.74 Å². The number of aliphatic hydroxyl groups excluding tert-OH is 1. The van der Waals surface area contributed by atoms with Crippen molar-refractivity contribution < 1.29 is 14.2 Å². The van der Waals surface area contributed by atoms with E-state index in [-0.39, 0.29) is 5.82 Å². The van der Waals surface area contributed by atoms with E-state index in [9.17, 15) is 9.50 Å². The van der Waals surface area contributed by atoms with E-state index in [1.54, 1.807) is 26.0 Å². The molecular weight excluding hydrogens is 219 g/mol. The van der Waals surface area contributed by atoms with Crippen LogP contribution in [0.15, 0.2) is 12.1 Å². The zero-order valence-electron chi connectivity index (χ0n) is 10.6. The molecule has 1 N–H and O–H groups in total. The lowest BCUT2D eigenvalue weighted by Gasteiger charge is -2.30. The minimum atomic E-state index is -0.692. The van der Waals surface area contributed by atoms with Crippen molar-refractivity contribution in [2.24, 2.45) is 0 Å². The first kappa shape index (κ1) is 12.5. The first-order chi connectivity index (χ1) is 7.94. The molecule has 2 unspecified atom stereocenters. The van der Waals surface area contributed by atoms with Crippen molar-refractivity contribution in [3.63, 3.8) is 0 Å². The molecule has 94 valence electrons. The smallest absolute Gasteiger partial charge is 0.129 e. The third-order valence-corrected chi connectivity index (χ3v) is 3.60. The van der Waals surface area contributed by atoms with E-state index >= 15 is 0 Å². The molecule has 1 aliphatic rings. The Labute approximate surface area is 101 Å². The van der Waals surface area contributed by atoms with Gasteiger partial charge < -0.3 is 9.84 Å². The van der Waals surface area contributed by atoms with Gasteiger partial charge >= 0.3 is 0 Å². The Balaban J connectivity index is 2.34. The molecule has 0 radical (unpaired) electrons. The molecule has 1 heterocycles. The fraction of sp³-hybridized carbons (Fsp3) is 0.571. The van der Waals surface area contributed by atoms with Crippen LogP contribution in [0.2, 0.25) is 0 Å². The third kappa shape index (κ3) is 2.22. The highest BCUT2D eigenvalue weighted by atomic mass is 19.1. The second-order valence-electron chi connectivity index (χ2n) is 5.14. The summed E-state index contributed by atoms with van der Waals surface area (Å²) < 4.78 is 19.2. The van der Waals surface area contributed by atoms with Gasteiger partial charge in [0, 0.05) is 6.61 Å². The van der Waals surface area contributed by atoms with E-state index < -0.39 is 11.7 Å². The fourth-order valence-electron chi connectivity index (χ4n) is 2.51. The molecule has 1 aromatic carbocycles. The highest BCUT2D eigenvalue weighted by molar-refractivity contribution is 5.33. The van der Waals surface area contributed by atoms with Gasteiger partial charge in [-0.15, -0.1) is 0 Å². The molecule has 0 aliphatic carbocycles. The number of benzene rings is 1. The number of aliphatic hydroxyl groups is 1. The van der Waals surface area contributed by atoms with Crippen molar-refractivity contribution in [1.29, 1.82) is 0 Å². The summed E-state index contributed by atoms with van der Waals surface area (Å²) in [6, 6.07) is 3.42. The SMILES string of the molecule is Cc1cc(C(O)C2(C)CCCO2)cc(C)c1F. The first-order valence-electron chi connectivity index (χ1n) is 6.03. The van der Waals surface area contributed by atoms with E-state index in [2.05, 4.69) is 0 Å². The lowest BCUT2D eigenvalue weighted by atomic mass is 9.89. The van der Waals surface area contributed by atoms with Gasteiger partial charge in [0.1, 0.15) is 11.9 Å². The topological polar surface area (TPSA) is 29.5 Å². The summed E-state index contributed by atoms with van der Waals surface area (Å²) in [6.07, 6.45) is 1.11. The largest absolute Gasteiger partial charge is 0.385 e. The van der Waals surface area contributed by atoms with Crippen molar-refractivity contribution in [2.75, 3.05) is 6.61 Å². The maximum absolute atomic E-state index is 13.5. The van der Waals surface area contributed by atoms with Crippen molar-refractivity contribution in [1.82, 2.24) is 0 Å². The lowest BCUT2D eigenvalue weighted by molar-refractivity contribution is -0.0796. The Morgan fingerprint density at radius 3 is 2.41 bits per heavy atom. The molecule has 0 saturated carbocycles. The molecule has 1 fully saturated rings. The third-order valence-electron chi connectivity index (χ3n) is 3.60. The number of ether oxygens (including phenoxy) is 1.